The van der Waals surface area contributed by atoms with Crippen molar-refractivity contribution in [2.45, 2.75) is 26.4 Å². The molecule has 0 heterocycles. The number of nitrogens with one attached hydrogen (secondary N) is 1. The van der Waals surface area contributed by atoms with Crippen molar-refractivity contribution in [3.63, 3.8) is 0 Å². The molecule has 0 saturated carbocycles. The van der Waals surface area contributed by atoms with Crippen LogP contribution in [0.2, 0.25) is 10.0 Å². The molecule has 0 spiro atoms. The average molecular weight is 546 g/mol. The first-order chi connectivity index (χ1) is 16.4. The van der Waals surface area contributed by atoms with Crippen molar-refractivity contribution in [3.8, 4) is 11.5 Å². The van der Waals surface area contributed by atoms with E-state index >= 15 is 0 Å². The third-order valence-corrected chi connectivity index (χ3v) is 6.92. The van der Waals surface area contributed by atoms with Crippen molar-refractivity contribution in [1.29, 1.82) is 0 Å². The number of likely N-dealkylation sites (N-methyl/N-ethyl adjacent to an activating group) is 1. The van der Waals surface area contributed by atoms with Crippen LogP contribution in [0.25, 0.3) is 0 Å². The van der Waals surface area contributed by atoms with E-state index in [4.69, 9.17) is 32.7 Å². The van der Waals surface area contributed by atoms with Crippen LogP contribution in [-0.2, 0) is 26.2 Å². The van der Waals surface area contributed by atoms with Crippen molar-refractivity contribution in [1.82, 2.24) is 10.2 Å². The molecule has 1 unspecified atom stereocenters. The SMILES string of the molecule is CCNC(=O)C(C)N(Cc1ccc(Cl)cc1Cl)C(=O)CN(c1cc(OC)ccc1OC)S(C)(=O)=O. The number of anilines is 1. The third kappa shape index (κ3) is 7.39. The van der Waals surface area contributed by atoms with Crippen LogP contribution in [0, 0.1) is 0 Å². The fourth-order valence-electron chi connectivity index (χ4n) is 3.32. The first kappa shape index (κ1) is 28.5. The summed E-state index contributed by atoms with van der Waals surface area (Å²) in [6.45, 7) is 3.05. The van der Waals surface area contributed by atoms with Gasteiger partial charge in [-0.25, -0.2) is 8.42 Å². The molecule has 35 heavy (non-hydrogen) atoms. The zero-order valence-corrected chi connectivity index (χ0v) is 22.5. The molecule has 2 amide bonds. The van der Waals surface area contributed by atoms with Crippen LogP contribution >= 0.6 is 23.2 Å². The minimum Gasteiger partial charge on any atom is -0.497 e. The Bertz CT molecular complexity index is 1180. The minimum atomic E-state index is -3.94. The van der Waals surface area contributed by atoms with Crippen molar-refractivity contribution >= 4 is 50.7 Å². The lowest BCUT2D eigenvalue weighted by molar-refractivity contribution is -0.139. The van der Waals surface area contributed by atoms with Crippen LogP contribution in [0.1, 0.15) is 19.4 Å². The van der Waals surface area contributed by atoms with Crippen LogP contribution in [0.3, 0.4) is 0 Å². The average Bonchev–Trinajstić information content (AvgIpc) is 2.80. The second-order valence-electron chi connectivity index (χ2n) is 7.64. The monoisotopic (exact) mass is 545 g/mol. The number of carbonyl (C=O) groups excluding carboxylic acids is 2. The summed E-state index contributed by atoms with van der Waals surface area (Å²) in [6, 6.07) is 8.49. The Morgan fingerprint density at radius 2 is 1.77 bits per heavy atom. The van der Waals surface area contributed by atoms with Gasteiger partial charge in [-0.15, -0.1) is 0 Å². The minimum absolute atomic E-state index is 0.0417. The second-order valence-corrected chi connectivity index (χ2v) is 10.4. The highest BCUT2D eigenvalue weighted by Gasteiger charge is 2.31. The van der Waals surface area contributed by atoms with Crippen LogP contribution in [0.5, 0.6) is 11.5 Å². The van der Waals surface area contributed by atoms with Gasteiger partial charge in [0.1, 0.15) is 24.1 Å². The number of amides is 2. The zero-order valence-electron chi connectivity index (χ0n) is 20.2. The molecule has 1 atom stereocenters. The maximum absolute atomic E-state index is 13.6. The molecule has 0 aromatic heterocycles. The van der Waals surface area contributed by atoms with Gasteiger partial charge in [-0.2, -0.15) is 0 Å². The fraction of sp³-hybridized carbons (Fsp3) is 0.391. The molecule has 0 aliphatic rings. The molecule has 0 aliphatic heterocycles. The Labute approximate surface area is 215 Å². The quantitative estimate of drug-likeness (QED) is 0.464. The number of sulfonamides is 1. The van der Waals surface area contributed by atoms with Gasteiger partial charge in [0.25, 0.3) is 0 Å². The molecule has 1 N–H and O–H groups in total. The van der Waals surface area contributed by atoms with E-state index in [1.54, 1.807) is 38.1 Å². The molecular weight excluding hydrogens is 517 g/mol. The third-order valence-electron chi connectivity index (χ3n) is 5.21. The van der Waals surface area contributed by atoms with Crippen molar-refractivity contribution < 1.29 is 27.5 Å². The number of rotatable bonds is 11. The Hall–Kier alpha value is -2.69. The van der Waals surface area contributed by atoms with Crippen LogP contribution in [0.4, 0.5) is 5.69 Å². The van der Waals surface area contributed by atoms with E-state index in [0.29, 0.717) is 27.9 Å². The van der Waals surface area contributed by atoms with Crippen molar-refractivity contribution in [2.24, 2.45) is 0 Å². The van der Waals surface area contributed by atoms with Gasteiger partial charge in [-0.05, 0) is 43.7 Å². The number of nitrogens with zero attached hydrogens (tertiary/aromatic N) is 2. The summed E-state index contributed by atoms with van der Waals surface area (Å²) >= 11 is 12.3. The molecule has 0 saturated heterocycles. The molecule has 9 nitrogen and oxygen atoms in total. The Morgan fingerprint density at radius 3 is 2.31 bits per heavy atom. The topological polar surface area (TPSA) is 105 Å². The summed E-state index contributed by atoms with van der Waals surface area (Å²) in [5.74, 6) is -0.406. The standard InChI is InChI=1S/C23H29Cl2N3O6S/c1-6-26-23(30)15(2)27(13-16-7-8-17(24)11-19(16)25)22(29)14-28(35(5,31)32)20-12-18(33-3)9-10-21(20)34-4/h7-12,15H,6,13-14H2,1-5H3,(H,26,30). The first-order valence-electron chi connectivity index (χ1n) is 10.6. The lowest BCUT2D eigenvalue weighted by Crippen LogP contribution is -2.51. The Balaban J connectivity index is 2.51. The molecule has 2 aromatic carbocycles. The van der Waals surface area contributed by atoms with E-state index in [2.05, 4.69) is 5.32 Å². The first-order valence-corrected chi connectivity index (χ1v) is 13.2. The molecule has 192 valence electrons. The lowest BCUT2D eigenvalue weighted by atomic mass is 10.1. The molecule has 0 bridgehead atoms. The summed E-state index contributed by atoms with van der Waals surface area (Å²) in [7, 11) is -1.11. The van der Waals surface area contributed by atoms with Crippen molar-refractivity contribution in [3.05, 3.63) is 52.0 Å². The molecular formula is C23H29Cl2N3O6S. The van der Waals surface area contributed by atoms with Gasteiger partial charge in [0.15, 0.2) is 0 Å². The molecule has 2 aromatic rings. The van der Waals surface area contributed by atoms with E-state index in [0.717, 1.165) is 10.6 Å². The molecule has 2 rings (SSSR count). The van der Waals surface area contributed by atoms with Gasteiger partial charge in [-0.1, -0.05) is 29.3 Å². The predicted molar refractivity (Wildman–Crippen MR) is 137 cm³/mol. The van der Waals surface area contributed by atoms with Gasteiger partial charge in [0, 0.05) is 29.2 Å². The molecule has 0 radical (unpaired) electrons. The summed E-state index contributed by atoms with van der Waals surface area (Å²) in [6.07, 6.45) is 0.979. The summed E-state index contributed by atoms with van der Waals surface area (Å²) in [5, 5.41) is 3.41. The van der Waals surface area contributed by atoms with E-state index < -0.39 is 34.4 Å². The van der Waals surface area contributed by atoms with E-state index in [1.807, 2.05) is 0 Å². The van der Waals surface area contributed by atoms with Crippen LogP contribution < -0.4 is 19.1 Å². The fourth-order valence-corrected chi connectivity index (χ4v) is 4.64. The lowest BCUT2D eigenvalue weighted by Gasteiger charge is -2.32. The number of ether oxygens (including phenoxy) is 2. The van der Waals surface area contributed by atoms with E-state index in [-0.39, 0.29) is 18.0 Å². The molecule has 12 heteroatoms. The highest BCUT2D eigenvalue weighted by Crippen LogP contribution is 2.34. The van der Waals surface area contributed by atoms with Gasteiger partial charge in [-0.3, -0.25) is 13.9 Å². The molecule has 0 fully saturated rings. The Kier molecular flexibility index (Phi) is 10.1. The molecule has 0 aliphatic carbocycles. The van der Waals surface area contributed by atoms with Crippen molar-refractivity contribution in [2.75, 3.05) is 37.9 Å². The van der Waals surface area contributed by atoms with Gasteiger partial charge < -0.3 is 19.7 Å². The summed E-state index contributed by atoms with van der Waals surface area (Å²) in [5.41, 5.74) is 0.670. The van der Waals surface area contributed by atoms with Gasteiger partial charge >= 0.3 is 0 Å². The Morgan fingerprint density at radius 1 is 1.09 bits per heavy atom. The normalized spacial score (nSPS) is 12.0. The van der Waals surface area contributed by atoms with E-state index in [1.165, 1.54) is 31.3 Å². The van der Waals surface area contributed by atoms with Crippen LogP contribution in [-0.4, -0.2) is 64.7 Å². The highest BCUT2D eigenvalue weighted by molar-refractivity contribution is 7.92. The van der Waals surface area contributed by atoms with Gasteiger partial charge in [0.05, 0.1) is 26.2 Å². The maximum atomic E-state index is 13.6. The number of benzene rings is 2. The largest absolute Gasteiger partial charge is 0.497 e. The zero-order chi connectivity index (χ0) is 26.3. The van der Waals surface area contributed by atoms with Crippen LogP contribution in [0.15, 0.2) is 36.4 Å². The number of hydrogen-bond donors (Lipinski definition) is 1. The smallest absolute Gasteiger partial charge is 0.244 e. The number of methoxy groups -OCH3 is 2. The summed E-state index contributed by atoms with van der Waals surface area (Å²) < 4.78 is 37.0. The number of carbonyl (C=O) groups is 2. The second kappa shape index (κ2) is 12.3. The highest BCUT2D eigenvalue weighted by atomic mass is 35.5. The maximum Gasteiger partial charge on any atom is 0.244 e. The summed E-state index contributed by atoms with van der Waals surface area (Å²) in [4.78, 5) is 27.5. The number of hydrogen-bond acceptors (Lipinski definition) is 6. The number of halogens is 2. The van der Waals surface area contributed by atoms with E-state index in [9.17, 15) is 18.0 Å². The van der Waals surface area contributed by atoms with Gasteiger partial charge in [0.2, 0.25) is 21.8 Å². The predicted octanol–water partition coefficient (Wildman–Crippen LogP) is 3.33.